The van der Waals surface area contributed by atoms with Gasteiger partial charge in [-0.2, -0.15) is 0 Å². The molecule has 15 heavy (non-hydrogen) atoms. The summed E-state index contributed by atoms with van der Waals surface area (Å²) in [7, 11) is -2.79. The van der Waals surface area contributed by atoms with Gasteiger partial charge in [-0.3, -0.25) is 0 Å². The van der Waals surface area contributed by atoms with E-state index in [2.05, 4.69) is 5.32 Å². The van der Waals surface area contributed by atoms with Gasteiger partial charge < -0.3 is 5.32 Å². The van der Waals surface area contributed by atoms with E-state index in [0.717, 1.165) is 0 Å². The molecule has 0 radical (unpaired) electrons. The maximum Gasteiger partial charge on any atom is 0.151 e. The molecule has 0 saturated heterocycles. The molecule has 0 heterocycles. The Hall–Kier alpha value is -0.0900. The molecule has 1 saturated carbocycles. The SMILES string of the molecule is CCS(=O)(=O)CCNC1CCCCCC1. The van der Waals surface area contributed by atoms with Gasteiger partial charge in [0.25, 0.3) is 0 Å². The van der Waals surface area contributed by atoms with Crippen LogP contribution in [0.3, 0.4) is 0 Å². The van der Waals surface area contributed by atoms with Gasteiger partial charge in [0.05, 0.1) is 5.75 Å². The van der Waals surface area contributed by atoms with Crippen molar-refractivity contribution in [2.45, 2.75) is 51.5 Å². The van der Waals surface area contributed by atoms with Crippen LogP contribution < -0.4 is 5.32 Å². The minimum Gasteiger partial charge on any atom is -0.313 e. The lowest BCUT2D eigenvalue weighted by molar-refractivity contribution is 0.471. The summed E-state index contributed by atoms with van der Waals surface area (Å²) in [5.41, 5.74) is 0. The summed E-state index contributed by atoms with van der Waals surface area (Å²) in [5, 5.41) is 3.37. The van der Waals surface area contributed by atoms with E-state index in [-0.39, 0.29) is 5.75 Å². The molecule has 0 aromatic rings. The predicted octanol–water partition coefficient (Wildman–Crippen LogP) is 1.73. The molecule has 1 aliphatic rings. The molecule has 0 atom stereocenters. The van der Waals surface area contributed by atoms with Crippen LogP contribution in [-0.2, 0) is 9.84 Å². The van der Waals surface area contributed by atoms with Crippen LogP contribution in [0.25, 0.3) is 0 Å². The lowest BCUT2D eigenvalue weighted by Crippen LogP contribution is -2.33. The first kappa shape index (κ1) is 13.0. The first-order valence-corrected chi connectivity index (χ1v) is 7.90. The van der Waals surface area contributed by atoms with E-state index >= 15 is 0 Å². The molecule has 0 aromatic carbocycles. The van der Waals surface area contributed by atoms with Gasteiger partial charge in [0, 0.05) is 18.3 Å². The maximum absolute atomic E-state index is 11.3. The average molecular weight is 233 g/mol. The van der Waals surface area contributed by atoms with E-state index in [1.807, 2.05) is 0 Å². The van der Waals surface area contributed by atoms with E-state index in [9.17, 15) is 8.42 Å². The van der Waals surface area contributed by atoms with Crippen molar-refractivity contribution in [3.63, 3.8) is 0 Å². The lowest BCUT2D eigenvalue weighted by Gasteiger charge is -2.15. The van der Waals surface area contributed by atoms with Crippen LogP contribution in [-0.4, -0.2) is 32.5 Å². The summed E-state index contributed by atoms with van der Waals surface area (Å²) < 4.78 is 22.5. The Kier molecular flexibility index (Phi) is 5.61. The van der Waals surface area contributed by atoms with E-state index < -0.39 is 9.84 Å². The van der Waals surface area contributed by atoms with Gasteiger partial charge in [-0.05, 0) is 12.8 Å². The molecular weight excluding hydrogens is 210 g/mol. The Morgan fingerprint density at radius 2 is 1.73 bits per heavy atom. The smallest absolute Gasteiger partial charge is 0.151 e. The van der Waals surface area contributed by atoms with Gasteiger partial charge in [0.1, 0.15) is 0 Å². The number of hydrogen-bond donors (Lipinski definition) is 1. The average Bonchev–Trinajstić information content (AvgIpc) is 2.46. The summed E-state index contributed by atoms with van der Waals surface area (Å²) >= 11 is 0. The largest absolute Gasteiger partial charge is 0.313 e. The third kappa shape index (κ3) is 5.52. The van der Waals surface area contributed by atoms with Crippen molar-refractivity contribution in [2.24, 2.45) is 0 Å². The van der Waals surface area contributed by atoms with E-state index in [1.165, 1.54) is 38.5 Å². The van der Waals surface area contributed by atoms with Crippen molar-refractivity contribution in [1.82, 2.24) is 5.32 Å². The third-order valence-corrected chi connectivity index (χ3v) is 4.85. The lowest BCUT2D eigenvalue weighted by atomic mass is 10.1. The van der Waals surface area contributed by atoms with Gasteiger partial charge in [0.2, 0.25) is 0 Å². The molecular formula is C11H23NO2S. The van der Waals surface area contributed by atoms with Crippen molar-refractivity contribution in [1.29, 1.82) is 0 Å². The van der Waals surface area contributed by atoms with E-state index in [1.54, 1.807) is 6.92 Å². The fraction of sp³-hybridized carbons (Fsp3) is 1.00. The molecule has 3 nitrogen and oxygen atoms in total. The van der Waals surface area contributed by atoms with Gasteiger partial charge in [-0.25, -0.2) is 8.42 Å². The van der Waals surface area contributed by atoms with Gasteiger partial charge in [0.15, 0.2) is 9.84 Å². The Balaban J connectivity index is 2.18. The summed E-state index contributed by atoms with van der Waals surface area (Å²) in [5.74, 6) is 0.555. The van der Waals surface area contributed by atoms with Crippen LogP contribution in [0, 0.1) is 0 Å². The maximum atomic E-state index is 11.3. The van der Waals surface area contributed by atoms with E-state index in [0.29, 0.717) is 18.3 Å². The molecule has 0 unspecified atom stereocenters. The van der Waals surface area contributed by atoms with Crippen LogP contribution in [0.1, 0.15) is 45.4 Å². The molecule has 1 rings (SSSR count). The second kappa shape index (κ2) is 6.48. The Bertz CT molecular complexity index is 254. The zero-order valence-electron chi connectivity index (χ0n) is 9.67. The second-order valence-corrected chi connectivity index (χ2v) is 6.85. The quantitative estimate of drug-likeness (QED) is 0.736. The molecule has 1 N–H and O–H groups in total. The molecule has 1 aliphatic carbocycles. The monoisotopic (exact) mass is 233 g/mol. The molecule has 90 valence electrons. The van der Waals surface area contributed by atoms with Crippen molar-refractivity contribution < 1.29 is 8.42 Å². The Morgan fingerprint density at radius 3 is 2.27 bits per heavy atom. The third-order valence-electron chi connectivity index (χ3n) is 3.14. The van der Waals surface area contributed by atoms with Crippen LogP contribution >= 0.6 is 0 Å². The highest BCUT2D eigenvalue weighted by molar-refractivity contribution is 7.91. The Morgan fingerprint density at radius 1 is 1.13 bits per heavy atom. The molecule has 1 fully saturated rings. The molecule has 0 bridgehead atoms. The van der Waals surface area contributed by atoms with Crippen LogP contribution in [0.15, 0.2) is 0 Å². The summed E-state index contributed by atoms with van der Waals surface area (Å²) in [6.07, 6.45) is 7.69. The van der Waals surface area contributed by atoms with Crippen molar-refractivity contribution in [2.75, 3.05) is 18.1 Å². The van der Waals surface area contributed by atoms with E-state index in [4.69, 9.17) is 0 Å². The van der Waals surface area contributed by atoms with Crippen LogP contribution in [0.5, 0.6) is 0 Å². The highest BCUT2D eigenvalue weighted by Gasteiger charge is 2.13. The van der Waals surface area contributed by atoms with Crippen molar-refractivity contribution >= 4 is 9.84 Å². The fourth-order valence-electron chi connectivity index (χ4n) is 2.05. The van der Waals surface area contributed by atoms with Crippen LogP contribution in [0.2, 0.25) is 0 Å². The fourth-order valence-corrected chi connectivity index (χ4v) is 2.76. The first-order valence-electron chi connectivity index (χ1n) is 6.08. The minimum atomic E-state index is -2.79. The highest BCUT2D eigenvalue weighted by Crippen LogP contribution is 2.16. The van der Waals surface area contributed by atoms with Gasteiger partial charge in [-0.1, -0.05) is 32.6 Å². The summed E-state index contributed by atoms with van der Waals surface area (Å²) in [6.45, 7) is 2.34. The molecule has 0 aliphatic heterocycles. The number of rotatable bonds is 5. The zero-order chi connectivity index (χ0) is 11.1. The molecule has 0 aromatic heterocycles. The topological polar surface area (TPSA) is 46.2 Å². The standard InChI is InChI=1S/C11H23NO2S/c1-2-15(13,14)10-9-12-11-7-5-3-4-6-8-11/h11-12H,2-10H2,1H3. The second-order valence-electron chi connectivity index (χ2n) is 4.38. The number of nitrogens with one attached hydrogen (secondary N) is 1. The zero-order valence-corrected chi connectivity index (χ0v) is 10.5. The molecule has 4 heteroatoms. The van der Waals surface area contributed by atoms with Gasteiger partial charge >= 0.3 is 0 Å². The molecule has 0 amide bonds. The van der Waals surface area contributed by atoms with Crippen molar-refractivity contribution in [3.8, 4) is 0 Å². The number of hydrogen-bond acceptors (Lipinski definition) is 3. The first-order chi connectivity index (χ1) is 7.14. The molecule has 0 spiro atoms. The Labute approximate surface area is 93.6 Å². The minimum absolute atomic E-state index is 0.263. The predicted molar refractivity (Wildman–Crippen MR) is 63.8 cm³/mol. The summed E-state index contributed by atoms with van der Waals surface area (Å²) in [6, 6.07) is 0.555. The number of sulfone groups is 1. The highest BCUT2D eigenvalue weighted by atomic mass is 32.2. The van der Waals surface area contributed by atoms with Crippen molar-refractivity contribution in [3.05, 3.63) is 0 Å². The summed E-state index contributed by atoms with van der Waals surface area (Å²) in [4.78, 5) is 0. The normalized spacial score (nSPS) is 20.1. The van der Waals surface area contributed by atoms with Crippen LogP contribution in [0.4, 0.5) is 0 Å². The van der Waals surface area contributed by atoms with Gasteiger partial charge in [-0.15, -0.1) is 0 Å².